The van der Waals surface area contributed by atoms with Crippen molar-refractivity contribution in [2.24, 2.45) is 5.10 Å². The number of aromatic nitrogens is 2. The number of piperazine rings is 1. The third-order valence-corrected chi connectivity index (χ3v) is 10.3. The van der Waals surface area contributed by atoms with Gasteiger partial charge in [-0.2, -0.15) is 18.2 Å². The zero-order valence-electron chi connectivity index (χ0n) is 25.9. The fraction of sp³-hybridized carbons (Fsp3) is 0.303. The van der Waals surface area contributed by atoms with Crippen molar-refractivity contribution < 1.29 is 32.2 Å². The van der Waals surface area contributed by atoms with Gasteiger partial charge in [-0.05, 0) is 55.8 Å². The van der Waals surface area contributed by atoms with Crippen LogP contribution in [0.15, 0.2) is 82.2 Å². The van der Waals surface area contributed by atoms with Gasteiger partial charge in [-0.3, -0.25) is 9.36 Å². The van der Waals surface area contributed by atoms with Gasteiger partial charge in [0, 0.05) is 47.2 Å². The Morgan fingerprint density at radius 2 is 1.79 bits per heavy atom. The lowest BCUT2D eigenvalue weighted by atomic mass is 9.96. The number of hydrogen-bond donors (Lipinski definition) is 1. The van der Waals surface area contributed by atoms with Crippen molar-refractivity contribution in [1.29, 1.82) is 0 Å². The van der Waals surface area contributed by atoms with E-state index in [4.69, 9.17) is 0 Å². The zero-order valence-corrected chi connectivity index (χ0v) is 26.7. The molecule has 7 rings (SSSR count). The van der Waals surface area contributed by atoms with Crippen LogP contribution in [0.4, 0.5) is 28.2 Å². The molecule has 1 N–H and O–H groups in total. The predicted molar refractivity (Wildman–Crippen MR) is 173 cm³/mol. The number of halogens is 4. The van der Waals surface area contributed by atoms with Crippen LogP contribution in [0.25, 0.3) is 22.0 Å². The molecule has 2 aromatic carbocycles. The molecule has 5 heterocycles. The molecule has 1 aromatic heterocycles. The van der Waals surface area contributed by atoms with Gasteiger partial charge >= 0.3 is 17.9 Å². The number of quaternary nitrogens is 1. The van der Waals surface area contributed by atoms with Crippen LogP contribution in [-0.2, 0) is 17.5 Å². The molecule has 3 aromatic rings. The number of carbonyl (C=O) groups is 2. The minimum Gasteiger partial charge on any atom is -0.352 e. The molecule has 4 aliphatic rings. The number of amidine groups is 1. The summed E-state index contributed by atoms with van der Waals surface area (Å²) in [5, 5.41) is 4.85. The SMILES string of the molecule is C=CC(=O)N1[C@H](C)CN(c2nc(=O)n3c4c(c(-c5ccc(F)cc5)c(C(F)(F)F)cc24)SCC([NH+]2N=C4C=CC=CN4C2=O)C3)C[C@@H]1C. The molecule has 15 heteroatoms. The lowest BCUT2D eigenvalue weighted by Crippen LogP contribution is -3.14. The zero-order chi connectivity index (χ0) is 34.1. The molecular weight excluding hydrogens is 650 g/mol. The van der Waals surface area contributed by atoms with Crippen molar-refractivity contribution in [3.8, 4) is 11.1 Å². The third kappa shape index (κ3) is 5.21. The molecule has 3 amide bonds. The molecule has 0 aliphatic carbocycles. The Bertz CT molecular complexity index is 2010. The number of nitrogens with one attached hydrogen (secondary N) is 1. The van der Waals surface area contributed by atoms with Crippen molar-refractivity contribution in [2.75, 3.05) is 23.7 Å². The number of amides is 3. The number of anilines is 1. The lowest BCUT2D eigenvalue weighted by molar-refractivity contribution is -0.845. The first-order valence-electron chi connectivity index (χ1n) is 15.3. The van der Waals surface area contributed by atoms with E-state index in [-0.39, 0.29) is 87.2 Å². The number of benzene rings is 2. The number of hydrogen-bond acceptors (Lipinski definition) is 7. The van der Waals surface area contributed by atoms with Crippen molar-refractivity contribution >= 4 is 46.3 Å². The average Bonchev–Trinajstić information content (AvgIpc) is 3.24. The minimum atomic E-state index is -4.83. The first-order chi connectivity index (χ1) is 22.9. The summed E-state index contributed by atoms with van der Waals surface area (Å²) in [4.78, 5) is 49.4. The first-order valence-corrected chi connectivity index (χ1v) is 16.3. The number of nitrogens with zero attached hydrogens (tertiary/aromatic N) is 6. The molecule has 0 radical (unpaired) electrons. The van der Waals surface area contributed by atoms with Gasteiger partial charge in [0.15, 0.2) is 5.84 Å². The number of allylic oxidation sites excluding steroid dienone is 2. The second-order valence-electron chi connectivity index (χ2n) is 12.1. The van der Waals surface area contributed by atoms with Crippen molar-refractivity contribution in [2.45, 2.75) is 49.6 Å². The maximum absolute atomic E-state index is 15.1. The van der Waals surface area contributed by atoms with Crippen LogP contribution < -0.4 is 15.6 Å². The second-order valence-corrected chi connectivity index (χ2v) is 13.2. The van der Waals surface area contributed by atoms with Crippen molar-refractivity contribution in [1.82, 2.24) is 19.4 Å². The summed E-state index contributed by atoms with van der Waals surface area (Å²) >= 11 is 1.10. The van der Waals surface area contributed by atoms with Gasteiger partial charge < -0.3 is 9.80 Å². The molecule has 1 saturated heterocycles. The summed E-state index contributed by atoms with van der Waals surface area (Å²) in [7, 11) is 0. The van der Waals surface area contributed by atoms with Crippen LogP contribution in [0.3, 0.4) is 0 Å². The van der Waals surface area contributed by atoms with Crippen molar-refractivity contribution in [3.63, 3.8) is 0 Å². The standard InChI is InChI=1S/C33H29F4N7O3S/c1-4-26(45)43-18(2)14-40(15-19(43)3)30-23-13-24(33(35,36)37)27(20-8-10-21(34)11-9-20)29-28(23)42(31(46)38-30)16-22(17-48-29)44-32(47)41-12-6-5-7-25(41)39-44/h4-13,18-19,22H,1,14-17H2,2-3H3/p+1/t18-,19+,22?. The third-order valence-electron chi connectivity index (χ3n) is 9.01. The molecular formula is C33H30F4N7O3S+. The number of urea groups is 1. The average molecular weight is 681 g/mol. The number of fused-ring (bicyclic) bond motifs is 1. The van der Waals surface area contributed by atoms with E-state index in [9.17, 15) is 18.8 Å². The summed E-state index contributed by atoms with van der Waals surface area (Å²) in [6.07, 6.45) is 3.07. The summed E-state index contributed by atoms with van der Waals surface area (Å²) in [5.74, 6) is -0.256. The number of alkyl halides is 3. The lowest BCUT2D eigenvalue weighted by Gasteiger charge is -2.44. The Kier molecular flexibility index (Phi) is 7.78. The van der Waals surface area contributed by atoms with Gasteiger partial charge in [-0.25, -0.2) is 18.9 Å². The minimum absolute atomic E-state index is 0.0512. The summed E-state index contributed by atoms with van der Waals surface area (Å²) in [6, 6.07) is 4.02. The highest BCUT2D eigenvalue weighted by atomic mass is 32.2. The van der Waals surface area contributed by atoms with Gasteiger partial charge in [-0.1, -0.05) is 29.9 Å². The van der Waals surface area contributed by atoms with Crippen LogP contribution in [0.1, 0.15) is 19.4 Å². The van der Waals surface area contributed by atoms with Crippen LogP contribution in [-0.4, -0.2) is 74.1 Å². The molecule has 4 aliphatic heterocycles. The smallest absolute Gasteiger partial charge is 0.352 e. The van der Waals surface area contributed by atoms with Gasteiger partial charge in [0.2, 0.25) is 5.91 Å². The van der Waals surface area contributed by atoms with E-state index in [1.165, 1.54) is 27.7 Å². The van der Waals surface area contributed by atoms with E-state index in [2.05, 4.69) is 16.7 Å². The predicted octanol–water partition coefficient (Wildman–Crippen LogP) is 4.02. The Morgan fingerprint density at radius 1 is 1.08 bits per heavy atom. The number of thioether (sulfide) groups is 1. The Hall–Kier alpha value is -4.76. The normalized spacial score (nSPS) is 23.8. The Labute approximate surface area is 276 Å². The second kappa shape index (κ2) is 11.7. The van der Waals surface area contributed by atoms with E-state index < -0.39 is 29.3 Å². The van der Waals surface area contributed by atoms with Gasteiger partial charge in [0.05, 0.1) is 23.4 Å². The van der Waals surface area contributed by atoms with Crippen LogP contribution in [0.2, 0.25) is 0 Å². The Morgan fingerprint density at radius 3 is 2.44 bits per heavy atom. The Balaban J connectivity index is 1.45. The monoisotopic (exact) mass is 680 g/mol. The van der Waals surface area contributed by atoms with Crippen LogP contribution >= 0.6 is 11.8 Å². The highest BCUT2D eigenvalue weighted by Gasteiger charge is 2.45. The molecule has 10 nitrogen and oxygen atoms in total. The molecule has 1 fully saturated rings. The fourth-order valence-electron chi connectivity index (χ4n) is 6.99. The van der Waals surface area contributed by atoms with E-state index in [0.29, 0.717) is 5.84 Å². The fourth-order valence-corrected chi connectivity index (χ4v) is 8.35. The topological polar surface area (TPSA) is 95.6 Å². The van der Waals surface area contributed by atoms with Crippen LogP contribution in [0.5, 0.6) is 0 Å². The molecule has 248 valence electrons. The molecule has 48 heavy (non-hydrogen) atoms. The van der Waals surface area contributed by atoms with Gasteiger partial charge in [0.25, 0.3) is 0 Å². The molecule has 0 saturated carbocycles. The summed E-state index contributed by atoms with van der Waals surface area (Å²) < 4.78 is 60.5. The van der Waals surface area contributed by atoms with E-state index in [0.717, 1.165) is 30.0 Å². The highest BCUT2D eigenvalue weighted by molar-refractivity contribution is 7.99. The maximum Gasteiger partial charge on any atom is 0.454 e. The van der Waals surface area contributed by atoms with Gasteiger partial charge in [-0.15, -0.1) is 16.8 Å². The first kappa shape index (κ1) is 31.8. The number of carbonyl (C=O) groups excluding carboxylic acids is 2. The van der Waals surface area contributed by atoms with Crippen molar-refractivity contribution in [3.05, 3.63) is 89.3 Å². The quantitative estimate of drug-likeness (QED) is 0.331. The molecule has 0 bridgehead atoms. The molecule has 4 atom stereocenters. The largest absolute Gasteiger partial charge is 0.454 e. The summed E-state index contributed by atoms with van der Waals surface area (Å²) in [6.45, 7) is 7.58. The van der Waals surface area contributed by atoms with E-state index in [1.54, 1.807) is 34.2 Å². The summed E-state index contributed by atoms with van der Waals surface area (Å²) in [5.41, 5.74) is -1.48. The molecule has 0 spiro atoms. The maximum atomic E-state index is 15.1. The van der Waals surface area contributed by atoms with E-state index in [1.807, 2.05) is 13.8 Å². The number of rotatable bonds is 4. The highest BCUT2D eigenvalue weighted by Crippen LogP contribution is 2.48. The van der Waals surface area contributed by atoms with E-state index >= 15 is 13.2 Å². The molecule has 2 unspecified atom stereocenters. The van der Waals surface area contributed by atoms with Gasteiger partial charge in [0.1, 0.15) is 17.7 Å². The van der Waals surface area contributed by atoms with Crippen LogP contribution in [0, 0.1) is 5.82 Å².